The number of nitrogens with zero attached hydrogens (tertiary/aromatic N) is 2. The molecular formula is C26H22ClN5O3S. The Hall–Kier alpha value is -3.66. The van der Waals surface area contributed by atoms with Gasteiger partial charge in [-0.25, -0.2) is 9.78 Å². The van der Waals surface area contributed by atoms with E-state index in [9.17, 15) is 9.59 Å². The van der Waals surface area contributed by atoms with E-state index in [1.54, 1.807) is 30.5 Å². The van der Waals surface area contributed by atoms with Crippen LogP contribution in [0, 0.1) is 0 Å². The van der Waals surface area contributed by atoms with E-state index in [0.717, 1.165) is 31.3 Å². The lowest BCUT2D eigenvalue weighted by Gasteiger charge is -2.29. The Bertz CT molecular complexity index is 1470. The zero-order chi connectivity index (χ0) is 24.6. The van der Waals surface area contributed by atoms with Crippen LogP contribution < -0.4 is 25.6 Å². The molecule has 0 saturated carbocycles. The molecule has 1 fully saturated rings. The smallest absolute Gasteiger partial charge is 0.331 e. The number of urea groups is 1. The van der Waals surface area contributed by atoms with Gasteiger partial charge in [-0.05, 0) is 55.8 Å². The molecule has 1 unspecified atom stereocenters. The summed E-state index contributed by atoms with van der Waals surface area (Å²) in [6, 6.07) is 16.0. The van der Waals surface area contributed by atoms with Crippen LogP contribution in [-0.4, -0.2) is 36.1 Å². The Kier molecular flexibility index (Phi) is 5.96. The first kappa shape index (κ1) is 22.8. The first-order valence-corrected chi connectivity index (χ1v) is 12.8. The maximum Gasteiger partial charge on any atom is 0.331 e. The Morgan fingerprint density at radius 1 is 1.19 bits per heavy atom. The molecule has 6 rings (SSSR count). The first-order valence-electron chi connectivity index (χ1n) is 11.6. The minimum absolute atomic E-state index is 0.0608. The maximum atomic E-state index is 13.3. The second kappa shape index (κ2) is 9.42. The minimum Gasteiger partial charge on any atom is -0.456 e. The summed E-state index contributed by atoms with van der Waals surface area (Å²) in [6.07, 6.45) is 3.58. The third-order valence-electron chi connectivity index (χ3n) is 6.23. The van der Waals surface area contributed by atoms with Crippen molar-refractivity contribution in [3.63, 3.8) is 0 Å². The van der Waals surface area contributed by atoms with Crippen LogP contribution in [0.2, 0.25) is 5.02 Å². The molecule has 2 aromatic heterocycles. The lowest BCUT2D eigenvalue weighted by molar-refractivity contribution is 0.0935. The fourth-order valence-corrected chi connectivity index (χ4v) is 5.79. The molecule has 3 N–H and O–H groups in total. The molecule has 10 heteroatoms. The van der Waals surface area contributed by atoms with E-state index in [0.29, 0.717) is 43.3 Å². The molecule has 3 amide bonds. The van der Waals surface area contributed by atoms with Crippen molar-refractivity contribution in [3.05, 3.63) is 70.7 Å². The summed E-state index contributed by atoms with van der Waals surface area (Å²) in [6.45, 7) is 1.70. The van der Waals surface area contributed by atoms with Crippen LogP contribution in [0.1, 0.15) is 22.5 Å². The number of para-hydroxylation sites is 1. The summed E-state index contributed by atoms with van der Waals surface area (Å²) >= 11 is 7.81. The number of carbonyl (C=O) groups excluding carboxylic acids is 2. The van der Waals surface area contributed by atoms with Crippen molar-refractivity contribution >= 4 is 62.2 Å². The van der Waals surface area contributed by atoms with Crippen LogP contribution >= 0.6 is 22.9 Å². The summed E-state index contributed by atoms with van der Waals surface area (Å²) in [5.74, 6) is 0.944. The van der Waals surface area contributed by atoms with Crippen LogP contribution in [-0.2, 0) is 0 Å². The number of rotatable bonds is 5. The number of pyridine rings is 1. The molecule has 0 spiro atoms. The predicted octanol–water partition coefficient (Wildman–Crippen LogP) is 5.91. The number of piperidine rings is 1. The number of nitrogens with one attached hydrogen (secondary N) is 3. The molecule has 0 aliphatic carbocycles. The monoisotopic (exact) mass is 519 g/mol. The number of benzene rings is 2. The lowest BCUT2D eigenvalue weighted by Crippen LogP contribution is -2.45. The first-order chi connectivity index (χ1) is 17.6. The summed E-state index contributed by atoms with van der Waals surface area (Å²) in [5.41, 5.74) is 1.71. The minimum atomic E-state index is -0.380. The zero-order valence-corrected chi connectivity index (χ0v) is 20.7. The largest absolute Gasteiger partial charge is 0.456 e. The van der Waals surface area contributed by atoms with Gasteiger partial charge in [0.1, 0.15) is 21.2 Å². The third-order valence-corrected chi connectivity index (χ3v) is 7.62. The number of thiophene rings is 1. The average molecular weight is 520 g/mol. The van der Waals surface area contributed by atoms with E-state index in [4.69, 9.17) is 16.3 Å². The van der Waals surface area contributed by atoms with E-state index in [-0.39, 0.29) is 18.0 Å². The molecule has 2 aliphatic rings. The number of hydrogen-bond donors (Lipinski definition) is 3. The summed E-state index contributed by atoms with van der Waals surface area (Å²) in [4.78, 5) is 33.6. The molecule has 0 radical (unpaired) electrons. The van der Waals surface area contributed by atoms with Crippen molar-refractivity contribution in [3.8, 4) is 11.5 Å². The van der Waals surface area contributed by atoms with Gasteiger partial charge in [0.15, 0.2) is 0 Å². The molecular weight excluding hydrogens is 498 g/mol. The van der Waals surface area contributed by atoms with Gasteiger partial charge in [0, 0.05) is 18.8 Å². The van der Waals surface area contributed by atoms with Gasteiger partial charge in [-0.3, -0.25) is 9.69 Å². The van der Waals surface area contributed by atoms with Gasteiger partial charge < -0.3 is 20.7 Å². The molecule has 2 aromatic carbocycles. The van der Waals surface area contributed by atoms with Crippen LogP contribution in [0.3, 0.4) is 0 Å². The van der Waals surface area contributed by atoms with Crippen molar-refractivity contribution in [1.29, 1.82) is 0 Å². The summed E-state index contributed by atoms with van der Waals surface area (Å²) in [7, 11) is 0. The van der Waals surface area contributed by atoms with Gasteiger partial charge in [-0.1, -0.05) is 29.8 Å². The van der Waals surface area contributed by atoms with E-state index in [2.05, 4.69) is 20.9 Å². The molecule has 4 heterocycles. The topological polar surface area (TPSA) is 95.6 Å². The van der Waals surface area contributed by atoms with Crippen molar-refractivity contribution in [2.24, 2.45) is 0 Å². The van der Waals surface area contributed by atoms with Crippen LogP contribution in [0.25, 0.3) is 10.2 Å². The molecule has 0 bridgehead atoms. The highest BCUT2D eigenvalue weighted by atomic mass is 35.5. The quantitative estimate of drug-likeness (QED) is 0.305. The van der Waals surface area contributed by atoms with E-state index >= 15 is 0 Å². The predicted molar refractivity (Wildman–Crippen MR) is 142 cm³/mol. The van der Waals surface area contributed by atoms with E-state index in [1.165, 1.54) is 16.2 Å². The number of aromatic nitrogens is 1. The van der Waals surface area contributed by atoms with Crippen molar-refractivity contribution in [1.82, 2.24) is 15.6 Å². The molecule has 36 heavy (non-hydrogen) atoms. The fraction of sp³-hybridized carbons (Fsp3) is 0.192. The summed E-state index contributed by atoms with van der Waals surface area (Å²) in [5, 5.41) is 10.4. The standard InChI is InChI=1S/C26H22ClN5O3S/c27-18-13-16(8-9-20(18)35-17-6-2-1-3-7-17)32-19-10-12-29-25-21(19)22(31-26(32)34)23(36-25)24(33)30-15-5-4-11-28-14-15/h1-3,6-10,12-13,15,28H,4-5,11,14H2,(H,30,33)(H,31,34). The maximum absolute atomic E-state index is 13.3. The highest BCUT2D eigenvalue weighted by molar-refractivity contribution is 7.21. The second-order valence-electron chi connectivity index (χ2n) is 8.63. The number of hydrogen-bond acceptors (Lipinski definition) is 6. The van der Waals surface area contributed by atoms with Gasteiger partial charge >= 0.3 is 6.03 Å². The number of carbonyl (C=O) groups is 2. The zero-order valence-electron chi connectivity index (χ0n) is 19.1. The molecule has 4 aromatic rings. The molecule has 8 nitrogen and oxygen atoms in total. The SMILES string of the molecule is O=C(NC1CCCNC1)c1sc2nccc3c2c1NC(=O)N3c1ccc(Oc2ccccc2)c(Cl)c1. The lowest BCUT2D eigenvalue weighted by atomic mass is 10.1. The Morgan fingerprint density at radius 3 is 2.83 bits per heavy atom. The van der Waals surface area contributed by atoms with Crippen molar-refractivity contribution in [2.75, 3.05) is 23.3 Å². The van der Waals surface area contributed by atoms with Gasteiger partial charge in [-0.2, -0.15) is 0 Å². The van der Waals surface area contributed by atoms with Gasteiger partial charge in [0.2, 0.25) is 0 Å². The van der Waals surface area contributed by atoms with Gasteiger partial charge in [-0.15, -0.1) is 11.3 Å². The van der Waals surface area contributed by atoms with Crippen molar-refractivity contribution in [2.45, 2.75) is 18.9 Å². The second-order valence-corrected chi connectivity index (χ2v) is 10.0. The Labute approximate surface area is 216 Å². The highest BCUT2D eigenvalue weighted by Crippen LogP contribution is 2.46. The molecule has 182 valence electrons. The van der Waals surface area contributed by atoms with Crippen LogP contribution in [0.15, 0.2) is 60.8 Å². The number of amides is 3. The molecule has 1 atom stereocenters. The Morgan fingerprint density at radius 2 is 2.06 bits per heavy atom. The van der Waals surface area contributed by atoms with Crippen LogP contribution in [0.5, 0.6) is 11.5 Å². The summed E-state index contributed by atoms with van der Waals surface area (Å²) < 4.78 is 5.88. The number of halogens is 1. The van der Waals surface area contributed by atoms with Gasteiger partial charge in [0.05, 0.1) is 27.5 Å². The number of ether oxygens (including phenoxy) is 1. The van der Waals surface area contributed by atoms with Crippen LogP contribution in [0.4, 0.5) is 21.9 Å². The molecule has 2 aliphatic heterocycles. The average Bonchev–Trinajstić information content (AvgIpc) is 3.26. The molecule has 1 saturated heterocycles. The number of anilines is 3. The highest BCUT2D eigenvalue weighted by Gasteiger charge is 2.33. The third kappa shape index (κ3) is 4.15. The van der Waals surface area contributed by atoms with E-state index < -0.39 is 0 Å². The Balaban J connectivity index is 1.34. The van der Waals surface area contributed by atoms with Crippen molar-refractivity contribution < 1.29 is 14.3 Å². The normalized spacial score (nSPS) is 17.1. The van der Waals surface area contributed by atoms with E-state index in [1.807, 2.05) is 30.3 Å². The fourth-order valence-electron chi connectivity index (χ4n) is 4.55. The van der Waals surface area contributed by atoms with Gasteiger partial charge in [0.25, 0.3) is 5.91 Å².